The highest BCUT2D eigenvalue weighted by Crippen LogP contribution is 2.31. The lowest BCUT2D eigenvalue weighted by molar-refractivity contribution is -0.279. The number of guanidine groups is 1. The van der Waals surface area contributed by atoms with Gasteiger partial charge in [0.2, 0.25) is 5.91 Å². The first kappa shape index (κ1) is 42.2. The van der Waals surface area contributed by atoms with Crippen LogP contribution in [0.3, 0.4) is 0 Å². The number of ether oxygens (including phenoxy) is 3. The number of carbonyl (C=O) groups is 2. The van der Waals surface area contributed by atoms with Crippen LogP contribution in [-0.2, 0) is 23.8 Å². The molecule has 308 valence electrons. The number of carbonyl (C=O) groups excluding carboxylic acids is 2. The van der Waals surface area contributed by atoms with E-state index in [2.05, 4.69) is 35.9 Å². The standard InChI is InChI=1S/C30H52N14O11/c31-7-13-18(46)19(47)14(34)29(53-13)55-22-11(33)6-10(32)17(45)15(22)37-4-5-38-25(50)12(2-1-3-39-30(35)36)43-27(52)23-20(48)21(49)28(54-23)44-9-42-16-24(44)40-8-41-26(16)51/h8-15,17-23,28-29,37,45-49H,1-7,31-34H2,(H,38,50)(H,43,52)(H4,35,36,39)(H,40,41,51)/t10-,11+,12+,13-,14-,15+,17+,18-,19-,20+,21-,22-,23+,28-,29-/m1/s1. The van der Waals surface area contributed by atoms with Crippen molar-refractivity contribution in [2.24, 2.45) is 39.4 Å². The van der Waals surface area contributed by atoms with Crippen molar-refractivity contribution in [3.63, 3.8) is 0 Å². The van der Waals surface area contributed by atoms with Crippen molar-refractivity contribution in [3.05, 3.63) is 23.0 Å². The predicted molar refractivity (Wildman–Crippen MR) is 190 cm³/mol. The second-order valence-electron chi connectivity index (χ2n) is 13.8. The van der Waals surface area contributed by atoms with Gasteiger partial charge in [-0.15, -0.1) is 0 Å². The quantitative estimate of drug-likeness (QED) is 0.0453. The van der Waals surface area contributed by atoms with E-state index in [1.807, 2.05) is 0 Å². The van der Waals surface area contributed by atoms with Crippen molar-refractivity contribution in [2.75, 3.05) is 26.2 Å². The molecule has 2 aliphatic heterocycles. The summed E-state index contributed by atoms with van der Waals surface area (Å²) in [5, 5.41) is 61.6. The van der Waals surface area contributed by atoms with Gasteiger partial charge in [-0.25, -0.2) is 9.97 Å². The molecule has 0 spiro atoms. The Morgan fingerprint density at radius 2 is 1.76 bits per heavy atom. The Kier molecular flexibility index (Phi) is 14.1. The van der Waals surface area contributed by atoms with E-state index in [-0.39, 0.29) is 62.6 Å². The summed E-state index contributed by atoms with van der Waals surface area (Å²) < 4.78 is 18.7. The Morgan fingerprint density at radius 3 is 2.47 bits per heavy atom. The van der Waals surface area contributed by atoms with Crippen molar-refractivity contribution < 1.29 is 49.3 Å². The maximum Gasteiger partial charge on any atom is 0.278 e. The molecule has 2 amide bonds. The second-order valence-corrected chi connectivity index (χ2v) is 13.8. The molecular formula is C30H52N14O11. The van der Waals surface area contributed by atoms with Crippen LogP contribution < -0.4 is 55.9 Å². The van der Waals surface area contributed by atoms with E-state index < -0.39 is 109 Å². The second kappa shape index (κ2) is 18.3. The van der Waals surface area contributed by atoms with Crippen LogP contribution in [0.5, 0.6) is 0 Å². The fourth-order valence-electron chi connectivity index (χ4n) is 6.89. The molecule has 3 aliphatic rings. The molecule has 1 saturated carbocycles. The lowest BCUT2D eigenvalue weighted by atomic mass is 9.82. The van der Waals surface area contributed by atoms with Crippen LogP contribution in [0.2, 0.25) is 0 Å². The molecule has 0 aromatic carbocycles. The number of H-pyrrole nitrogens is 1. The number of nitrogens with zero attached hydrogens (tertiary/aromatic N) is 4. The van der Waals surface area contributed by atoms with Crippen molar-refractivity contribution in [1.82, 2.24) is 35.5 Å². The number of aliphatic hydroxyl groups is 5. The number of aromatic nitrogens is 4. The van der Waals surface area contributed by atoms with E-state index in [1.54, 1.807) is 0 Å². The molecule has 2 aromatic rings. The van der Waals surface area contributed by atoms with Gasteiger partial charge in [-0.05, 0) is 19.3 Å². The predicted octanol–water partition coefficient (Wildman–Crippen LogP) is -9.11. The molecule has 1 aliphatic carbocycles. The Balaban J connectivity index is 1.21. The Bertz CT molecular complexity index is 1690. The lowest BCUT2D eigenvalue weighted by Gasteiger charge is -2.47. The van der Waals surface area contributed by atoms with Gasteiger partial charge in [-0.3, -0.25) is 23.9 Å². The molecule has 25 nitrogen and oxygen atoms in total. The molecular weight excluding hydrogens is 732 g/mol. The number of nitrogens with two attached hydrogens (primary N) is 6. The molecule has 0 radical (unpaired) electrons. The first-order valence-corrected chi connectivity index (χ1v) is 17.7. The fourth-order valence-corrected chi connectivity index (χ4v) is 6.89. The number of rotatable bonds is 15. The first-order valence-electron chi connectivity index (χ1n) is 17.7. The molecule has 2 saturated heterocycles. The van der Waals surface area contributed by atoms with E-state index in [9.17, 15) is 39.9 Å². The number of aliphatic imine (C=N–C) groups is 1. The van der Waals surface area contributed by atoms with Crippen LogP contribution in [-0.4, -0.2) is 174 Å². The summed E-state index contributed by atoms with van der Waals surface area (Å²) in [4.78, 5) is 53.3. The van der Waals surface area contributed by atoms with E-state index in [0.29, 0.717) is 0 Å². The number of nitrogens with one attached hydrogen (secondary N) is 4. The first-order chi connectivity index (χ1) is 26.1. The van der Waals surface area contributed by atoms with Crippen molar-refractivity contribution in [3.8, 4) is 0 Å². The third-order valence-corrected chi connectivity index (χ3v) is 9.92. The molecule has 21 N–H and O–H groups in total. The number of hydrogen-bond acceptors (Lipinski definition) is 19. The maximum absolute atomic E-state index is 13.5. The molecule has 55 heavy (non-hydrogen) atoms. The number of aliphatic hydroxyl groups excluding tert-OH is 5. The van der Waals surface area contributed by atoms with Crippen LogP contribution in [0.15, 0.2) is 22.4 Å². The zero-order valence-electron chi connectivity index (χ0n) is 29.7. The van der Waals surface area contributed by atoms with Gasteiger partial charge in [0.1, 0.15) is 36.6 Å². The van der Waals surface area contributed by atoms with Crippen LogP contribution in [0, 0.1) is 0 Å². The lowest BCUT2D eigenvalue weighted by Crippen LogP contribution is -2.70. The third-order valence-electron chi connectivity index (χ3n) is 9.92. The molecule has 15 atom stereocenters. The largest absolute Gasteiger partial charge is 0.390 e. The maximum atomic E-state index is 13.5. The highest BCUT2D eigenvalue weighted by Gasteiger charge is 2.50. The van der Waals surface area contributed by atoms with Crippen LogP contribution in [0.1, 0.15) is 25.5 Å². The minimum Gasteiger partial charge on any atom is -0.390 e. The molecule has 4 heterocycles. The van der Waals surface area contributed by atoms with Gasteiger partial charge in [0.15, 0.2) is 35.7 Å². The minimum absolute atomic E-state index is 0.0394. The molecule has 0 unspecified atom stereocenters. The van der Waals surface area contributed by atoms with E-state index in [1.165, 1.54) is 10.9 Å². The summed E-state index contributed by atoms with van der Waals surface area (Å²) in [6.45, 7) is -0.000523. The summed E-state index contributed by atoms with van der Waals surface area (Å²) in [7, 11) is 0. The van der Waals surface area contributed by atoms with Gasteiger partial charge in [-0.2, -0.15) is 0 Å². The average molecular weight is 785 g/mol. The van der Waals surface area contributed by atoms with Crippen LogP contribution >= 0.6 is 0 Å². The molecule has 5 rings (SSSR count). The fraction of sp³-hybridized carbons (Fsp3) is 0.733. The summed E-state index contributed by atoms with van der Waals surface area (Å²) in [6, 6.07) is -4.72. The normalized spacial score (nSPS) is 35.7. The van der Waals surface area contributed by atoms with E-state index in [4.69, 9.17) is 48.6 Å². The van der Waals surface area contributed by atoms with Gasteiger partial charge in [-0.1, -0.05) is 0 Å². The highest BCUT2D eigenvalue weighted by atomic mass is 16.7. The Morgan fingerprint density at radius 1 is 1.02 bits per heavy atom. The zero-order valence-corrected chi connectivity index (χ0v) is 29.7. The molecule has 2 aromatic heterocycles. The van der Waals surface area contributed by atoms with Crippen molar-refractivity contribution in [1.29, 1.82) is 0 Å². The Hall–Kier alpha value is -3.96. The van der Waals surface area contributed by atoms with Gasteiger partial charge in [0.05, 0.1) is 36.9 Å². The number of aromatic amines is 1. The summed E-state index contributed by atoms with van der Waals surface area (Å²) in [5.74, 6) is -1.73. The number of imidazole rings is 1. The van der Waals surface area contributed by atoms with Gasteiger partial charge in [0, 0.05) is 38.3 Å². The summed E-state index contributed by atoms with van der Waals surface area (Å²) in [5.41, 5.74) is 34.5. The molecule has 0 bridgehead atoms. The topological polar surface area (TPSA) is 431 Å². The van der Waals surface area contributed by atoms with Crippen molar-refractivity contribution >= 4 is 28.9 Å². The number of fused-ring (bicyclic) bond motifs is 1. The Labute approximate surface area is 313 Å². The SMILES string of the molecule is NC[C@H]1O[C@H](O[C@H]2[C@@H](NCCNC(=O)[C@H](CCCN=C(N)N)NC(=O)[C@H]3O[C@@H](n4cnc5c(=O)[nH]cnc54)[C@H](O)[C@@H]3O)[C@@H](O)[C@H](N)C[C@@H]2N)[C@H](N)[C@@H](O)[C@@H]1O. The van der Waals surface area contributed by atoms with Crippen molar-refractivity contribution in [2.45, 2.75) is 111 Å². The third kappa shape index (κ3) is 9.37. The van der Waals surface area contributed by atoms with Gasteiger partial charge >= 0.3 is 0 Å². The molecule has 25 heteroatoms. The van der Waals surface area contributed by atoms with Crippen LogP contribution in [0.4, 0.5) is 0 Å². The monoisotopic (exact) mass is 784 g/mol. The summed E-state index contributed by atoms with van der Waals surface area (Å²) in [6.07, 6.45) is -10.7. The zero-order chi connectivity index (χ0) is 40.1. The summed E-state index contributed by atoms with van der Waals surface area (Å²) >= 11 is 0. The smallest absolute Gasteiger partial charge is 0.278 e. The van der Waals surface area contributed by atoms with Gasteiger partial charge < -0.3 is 95.1 Å². The van der Waals surface area contributed by atoms with E-state index in [0.717, 1.165) is 6.33 Å². The van der Waals surface area contributed by atoms with Crippen LogP contribution in [0.25, 0.3) is 11.2 Å². The average Bonchev–Trinajstić information content (AvgIpc) is 3.71. The highest BCUT2D eigenvalue weighted by molar-refractivity contribution is 5.90. The molecule has 3 fully saturated rings. The van der Waals surface area contributed by atoms with Gasteiger partial charge in [0.25, 0.3) is 11.5 Å². The minimum atomic E-state index is -1.74. The number of amides is 2. The number of hydrogen-bond donors (Lipinski definition) is 15. The van der Waals surface area contributed by atoms with E-state index >= 15 is 0 Å².